The van der Waals surface area contributed by atoms with Crippen molar-refractivity contribution in [3.63, 3.8) is 0 Å². The maximum Gasteiger partial charge on any atom is 0.302 e. The third-order valence-electron chi connectivity index (χ3n) is 2.36. The molecule has 0 saturated heterocycles. The summed E-state index contributed by atoms with van der Waals surface area (Å²) in [6.07, 6.45) is 9.17. The summed E-state index contributed by atoms with van der Waals surface area (Å²) in [6, 6.07) is 0. The Morgan fingerprint density at radius 3 is 1.87 bits per heavy atom. The molecule has 0 aliphatic carbocycles. The van der Waals surface area contributed by atoms with Crippen LogP contribution in [0.3, 0.4) is 0 Å². The maximum absolute atomic E-state index is 10.4. The fraction of sp³-hybridized carbons (Fsp3) is 0.917. The quantitative estimate of drug-likeness (QED) is 0.451. The van der Waals surface area contributed by atoms with Crippen LogP contribution in [0.2, 0.25) is 0 Å². The summed E-state index contributed by atoms with van der Waals surface area (Å²) in [5.74, 6) is -0.181. The predicted octanol–water partition coefficient (Wildman–Crippen LogP) is 2.66. The van der Waals surface area contributed by atoms with Gasteiger partial charge in [-0.3, -0.25) is 4.79 Å². The SMILES string of the molecule is CC(=O)OCCCCCCCCCCO. The van der Waals surface area contributed by atoms with Gasteiger partial charge in [0.2, 0.25) is 0 Å². The summed E-state index contributed by atoms with van der Waals surface area (Å²) in [6.45, 7) is 2.34. The molecular weight excluding hydrogens is 192 g/mol. The van der Waals surface area contributed by atoms with E-state index >= 15 is 0 Å². The molecule has 0 aliphatic rings. The minimum absolute atomic E-state index is 0.181. The second-order valence-corrected chi connectivity index (χ2v) is 3.89. The first kappa shape index (κ1) is 14.4. The molecule has 0 unspecified atom stereocenters. The lowest BCUT2D eigenvalue weighted by molar-refractivity contribution is -0.141. The van der Waals surface area contributed by atoms with E-state index in [-0.39, 0.29) is 5.97 Å². The standard InChI is InChI=1S/C12H24O3/c1-12(14)15-11-9-7-5-3-2-4-6-8-10-13/h13H,2-11H2,1H3. The Bertz CT molecular complexity index is 146. The molecular formula is C12H24O3. The van der Waals surface area contributed by atoms with Crippen LogP contribution in [0, 0.1) is 0 Å². The van der Waals surface area contributed by atoms with Gasteiger partial charge in [-0.15, -0.1) is 0 Å². The molecule has 90 valence electrons. The molecule has 0 saturated carbocycles. The Kier molecular flexibility index (Phi) is 11.1. The number of esters is 1. The largest absolute Gasteiger partial charge is 0.466 e. The topological polar surface area (TPSA) is 46.5 Å². The maximum atomic E-state index is 10.4. The Morgan fingerprint density at radius 1 is 0.933 bits per heavy atom. The van der Waals surface area contributed by atoms with Gasteiger partial charge in [0.25, 0.3) is 0 Å². The van der Waals surface area contributed by atoms with Crippen LogP contribution in [-0.4, -0.2) is 24.3 Å². The zero-order valence-corrected chi connectivity index (χ0v) is 9.83. The molecule has 0 bridgehead atoms. The first-order chi connectivity index (χ1) is 7.27. The Hall–Kier alpha value is -0.570. The molecule has 3 nitrogen and oxygen atoms in total. The molecule has 0 aromatic heterocycles. The third-order valence-corrected chi connectivity index (χ3v) is 2.36. The Balaban J connectivity index is 2.89. The summed E-state index contributed by atoms with van der Waals surface area (Å²) in [4.78, 5) is 10.4. The van der Waals surface area contributed by atoms with E-state index in [1.165, 1.54) is 32.6 Å². The second kappa shape index (κ2) is 11.5. The van der Waals surface area contributed by atoms with Crippen molar-refractivity contribution in [3.05, 3.63) is 0 Å². The lowest BCUT2D eigenvalue weighted by Gasteiger charge is -2.02. The highest BCUT2D eigenvalue weighted by molar-refractivity contribution is 5.65. The van der Waals surface area contributed by atoms with Crippen LogP contribution >= 0.6 is 0 Å². The van der Waals surface area contributed by atoms with Gasteiger partial charge < -0.3 is 9.84 Å². The van der Waals surface area contributed by atoms with Crippen molar-refractivity contribution in [1.29, 1.82) is 0 Å². The third kappa shape index (κ3) is 13.4. The van der Waals surface area contributed by atoms with E-state index in [0.717, 1.165) is 25.7 Å². The zero-order valence-electron chi connectivity index (χ0n) is 9.83. The number of aliphatic hydroxyl groups is 1. The number of hydrogen-bond donors (Lipinski definition) is 1. The molecule has 0 aliphatic heterocycles. The van der Waals surface area contributed by atoms with E-state index < -0.39 is 0 Å². The average Bonchev–Trinajstić information content (AvgIpc) is 2.20. The minimum Gasteiger partial charge on any atom is -0.466 e. The highest BCUT2D eigenvalue weighted by Crippen LogP contribution is 2.08. The summed E-state index contributed by atoms with van der Waals surface area (Å²) >= 11 is 0. The van der Waals surface area contributed by atoms with Crippen LogP contribution in [0.15, 0.2) is 0 Å². The van der Waals surface area contributed by atoms with E-state index in [2.05, 4.69) is 0 Å². The fourth-order valence-corrected chi connectivity index (χ4v) is 1.49. The number of hydrogen-bond acceptors (Lipinski definition) is 3. The lowest BCUT2D eigenvalue weighted by atomic mass is 10.1. The van der Waals surface area contributed by atoms with Gasteiger partial charge >= 0.3 is 5.97 Å². The summed E-state index contributed by atoms with van der Waals surface area (Å²) < 4.78 is 4.83. The molecule has 0 rings (SSSR count). The normalized spacial score (nSPS) is 10.3. The van der Waals surface area contributed by atoms with E-state index in [1.54, 1.807) is 0 Å². The number of rotatable bonds is 10. The fourth-order valence-electron chi connectivity index (χ4n) is 1.49. The lowest BCUT2D eigenvalue weighted by Crippen LogP contribution is -2.00. The van der Waals surface area contributed by atoms with Gasteiger partial charge in [0.05, 0.1) is 6.61 Å². The number of carbonyl (C=O) groups is 1. The first-order valence-corrected chi connectivity index (χ1v) is 6.01. The van der Waals surface area contributed by atoms with Crippen molar-refractivity contribution in [2.45, 2.75) is 58.3 Å². The monoisotopic (exact) mass is 216 g/mol. The van der Waals surface area contributed by atoms with Gasteiger partial charge in [-0.25, -0.2) is 0 Å². The van der Waals surface area contributed by atoms with E-state index in [0.29, 0.717) is 13.2 Å². The van der Waals surface area contributed by atoms with E-state index in [4.69, 9.17) is 9.84 Å². The summed E-state index contributed by atoms with van der Waals surface area (Å²) in [5.41, 5.74) is 0. The van der Waals surface area contributed by atoms with Crippen LogP contribution < -0.4 is 0 Å². The van der Waals surface area contributed by atoms with Crippen LogP contribution in [-0.2, 0) is 9.53 Å². The molecule has 0 radical (unpaired) electrons. The molecule has 15 heavy (non-hydrogen) atoms. The molecule has 0 spiro atoms. The number of carbonyl (C=O) groups excluding carboxylic acids is 1. The van der Waals surface area contributed by atoms with Gasteiger partial charge in [0.15, 0.2) is 0 Å². The average molecular weight is 216 g/mol. The minimum atomic E-state index is -0.181. The molecule has 0 atom stereocenters. The molecule has 0 heterocycles. The van der Waals surface area contributed by atoms with Crippen LogP contribution in [0.25, 0.3) is 0 Å². The molecule has 0 aromatic rings. The molecule has 3 heteroatoms. The van der Waals surface area contributed by atoms with Crippen molar-refractivity contribution in [2.24, 2.45) is 0 Å². The molecule has 0 fully saturated rings. The summed E-state index contributed by atoms with van der Waals surface area (Å²) in [7, 11) is 0. The van der Waals surface area contributed by atoms with Gasteiger partial charge in [0.1, 0.15) is 0 Å². The molecule has 0 amide bonds. The van der Waals surface area contributed by atoms with Crippen LogP contribution in [0.4, 0.5) is 0 Å². The van der Waals surface area contributed by atoms with Crippen molar-refractivity contribution in [2.75, 3.05) is 13.2 Å². The van der Waals surface area contributed by atoms with Crippen molar-refractivity contribution >= 4 is 5.97 Å². The Morgan fingerprint density at radius 2 is 1.40 bits per heavy atom. The molecule has 1 N–H and O–H groups in total. The van der Waals surface area contributed by atoms with Gasteiger partial charge in [-0.1, -0.05) is 38.5 Å². The molecule has 0 aromatic carbocycles. The predicted molar refractivity (Wildman–Crippen MR) is 60.7 cm³/mol. The van der Waals surface area contributed by atoms with Crippen LogP contribution in [0.5, 0.6) is 0 Å². The van der Waals surface area contributed by atoms with Gasteiger partial charge in [0, 0.05) is 13.5 Å². The van der Waals surface area contributed by atoms with E-state index in [1.807, 2.05) is 0 Å². The smallest absolute Gasteiger partial charge is 0.302 e. The number of ether oxygens (including phenoxy) is 1. The Labute approximate surface area is 92.8 Å². The highest BCUT2D eigenvalue weighted by Gasteiger charge is 1.94. The number of aliphatic hydroxyl groups excluding tert-OH is 1. The summed E-state index contributed by atoms with van der Waals surface area (Å²) in [5, 5.41) is 8.57. The van der Waals surface area contributed by atoms with E-state index in [9.17, 15) is 4.79 Å². The van der Waals surface area contributed by atoms with Crippen molar-refractivity contribution in [1.82, 2.24) is 0 Å². The zero-order chi connectivity index (χ0) is 11.4. The highest BCUT2D eigenvalue weighted by atomic mass is 16.5. The first-order valence-electron chi connectivity index (χ1n) is 6.01. The van der Waals surface area contributed by atoms with Gasteiger partial charge in [-0.05, 0) is 12.8 Å². The van der Waals surface area contributed by atoms with Crippen LogP contribution in [0.1, 0.15) is 58.3 Å². The van der Waals surface area contributed by atoms with Crippen molar-refractivity contribution < 1.29 is 14.6 Å². The number of unbranched alkanes of at least 4 members (excludes halogenated alkanes) is 7. The second-order valence-electron chi connectivity index (χ2n) is 3.89. The van der Waals surface area contributed by atoms with Crippen molar-refractivity contribution in [3.8, 4) is 0 Å². The van der Waals surface area contributed by atoms with Gasteiger partial charge in [-0.2, -0.15) is 0 Å².